The second-order valence-electron chi connectivity index (χ2n) is 6.77. The number of hydrogen-bond acceptors (Lipinski definition) is 8. The zero-order valence-electron chi connectivity index (χ0n) is 16.4. The lowest BCUT2D eigenvalue weighted by Crippen LogP contribution is -1.94. The summed E-state index contributed by atoms with van der Waals surface area (Å²) in [7, 11) is 0. The number of aromatic hydroxyl groups is 4. The number of hydrogen-bond donors (Lipinski definition) is 8. The number of phenolic OH excluding ortho intramolecular Hbond substituents is 4. The number of phenols is 4. The minimum atomic E-state index is -0.630. The number of carboxylic acid groups (broad SMARTS) is 4. The summed E-state index contributed by atoms with van der Waals surface area (Å²) < 4.78 is 0. The van der Waals surface area contributed by atoms with Crippen molar-refractivity contribution in [2.75, 3.05) is 0 Å². The van der Waals surface area contributed by atoms with Gasteiger partial charge in [-0.1, -0.05) is 0 Å². The highest BCUT2D eigenvalue weighted by molar-refractivity contribution is 5.73. The van der Waals surface area contributed by atoms with Crippen LogP contribution in [-0.4, -0.2) is 65.2 Å². The van der Waals surface area contributed by atoms with Crippen LogP contribution in [0.1, 0.15) is 38.5 Å². The van der Waals surface area contributed by atoms with Gasteiger partial charge in [-0.3, -0.25) is 19.2 Å². The summed E-state index contributed by atoms with van der Waals surface area (Å²) in [5.74, 6) is -3.68. The van der Waals surface area contributed by atoms with E-state index in [9.17, 15) is 14.4 Å². The quantitative estimate of drug-likeness (QED) is 0.188. The van der Waals surface area contributed by atoms with Crippen molar-refractivity contribution in [1.29, 1.82) is 0 Å². The summed E-state index contributed by atoms with van der Waals surface area (Å²) in [4.78, 5) is 37.6. The minimum absolute atomic E-state index is 0.0185. The molecule has 8 N–H and O–H groups in total. The van der Waals surface area contributed by atoms with E-state index in [1.54, 1.807) is 0 Å². The zero-order chi connectivity index (χ0) is 24.1. The fraction of sp³-hybridized carbons (Fsp3) is 0.474. The Morgan fingerprint density at radius 1 is 0.613 bits per heavy atom. The molecule has 0 unspecified atom stereocenters. The third-order valence-electron chi connectivity index (χ3n) is 3.85. The molecule has 31 heavy (non-hydrogen) atoms. The summed E-state index contributed by atoms with van der Waals surface area (Å²) in [6.45, 7) is -0.250. The normalized spacial score (nSPS) is 15.5. The van der Waals surface area contributed by atoms with Crippen LogP contribution in [-0.2, 0) is 19.2 Å². The minimum Gasteiger partial charge on any atom is -0.504 e. The van der Waals surface area contributed by atoms with Crippen LogP contribution >= 0.6 is 0 Å². The summed E-state index contributed by atoms with van der Waals surface area (Å²) in [5, 5.41) is 65.9. The lowest BCUT2D eigenvalue weighted by Gasteiger charge is -1.99. The molecule has 1 aromatic rings. The third-order valence-corrected chi connectivity index (χ3v) is 3.85. The Bertz CT molecular complexity index is 646. The SMILES string of the molecule is O=C(O)C1CC1.O=C(O)C1CC1.O=C(O)C1CC1.O=CO.Oc1cc(O)c(O)cc1O. The number of rotatable bonds is 3. The van der Waals surface area contributed by atoms with E-state index in [-0.39, 0.29) is 24.2 Å². The van der Waals surface area contributed by atoms with E-state index in [4.69, 9.17) is 45.6 Å². The Kier molecular flexibility index (Phi) is 11.9. The molecule has 3 fully saturated rings. The van der Waals surface area contributed by atoms with Crippen LogP contribution in [0.25, 0.3) is 0 Å². The Hall–Kier alpha value is -3.70. The standard InChI is InChI=1S/C6H6O4.3C4H6O2.CH2O2/c7-3-1-4(8)6(10)2-5(3)9;3*5-4(6)3-1-2-3;2-1-3/h1-2,7-10H;3*3H,1-2H2,(H,5,6);1H,(H,2,3). The van der Waals surface area contributed by atoms with Crippen LogP contribution in [0.5, 0.6) is 23.0 Å². The largest absolute Gasteiger partial charge is 0.504 e. The molecule has 0 aliphatic heterocycles. The predicted octanol–water partition coefficient (Wildman–Crippen LogP) is 1.65. The van der Waals surface area contributed by atoms with Crippen LogP contribution in [0.2, 0.25) is 0 Å². The number of carboxylic acids is 3. The molecular formula is C19H26O12. The molecule has 0 heterocycles. The lowest BCUT2D eigenvalue weighted by molar-refractivity contribution is -0.139. The smallest absolute Gasteiger partial charge is 0.306 e. The van der Waals surface area contributed by atoms with Gasteiger partial charge in [-0.25, -0.2) is 0 Å². The molecule has 0 bridgehead atoms. The zero-order valence-corrected chi connectivity index (χ0v) is 16.4. The van der Waals surface area contributed by atoms with E-state index >= 15 is 0 Å². The second-order valence-corrected chi connectivity index (χ2v) is 6.77. The van der Waals surface area contributed by atoms with Gasteiger partial charge in [0.05, 0.1) is 17.8 Å². The Morgan fingerprint density at radius 3 is 0.839 bits per heavy atom. The lowest BCUT2D eigenvalue weighted by atomic mass is 10.3. The molecule has 0 atom stereocenters. The van der Waals surface area contributed by atoms with Gasteiger partial charge in [0.15, 0.2) is 23.0 Å². The number of aliphatic carboxylic acids is 3. The molecule has 1 aromatic carbocycles. The van der Waals surface area contributed by atoms with Crippen LogP contribution in [0.3, 0.4) is 0 Å². The van der Waals surface area contributed by atoms with E-state index in [2.05, 4.69) is 0 Å². The molecule has 0 radical (unpaired) electrons. The molecule has 3 aliphatic rings. The highest BCUT2D eigenvalue weighted by Gasteiger charge is 2.29. The van der Waals surface area contributed by atoms with Crippen molar-refractivity contribution in [2.45, 2.75) is 38.5 Å². The summed E-state index contributed by atoms with van der Waals surface area (Å²) in [6, 6.07) is 1.70. The fourth-order valence-electron chi connectivity index (χ4n) is 1.55. The van der Waals surface area contributed by atoms with Crippen molar-refractivity contribution in [3.8, 4) is 23.0 Å². The van der Waals surface area contributed by atoms with Gasteiger partial charge in [-0.15, -0.1) is 0 Å². The molecule has 3 aliphatic carbocycles. The van der Waals surface area contributed by atoms with Gasteiger partial charge < -0.3 is 40.9 Å². The van der Waals surface area contributed by atoms with Gasteiger partial charge in [-0.2, -0.15) is 0 Å². The van der Waals surface area contributed by atoms with Gasteiger partial charge in [0.1, 0.15) is 0 Å². The van der Waals surface area contributed by atoms with Crippen molar-refractivity contribution < 1.29 is 60.0 Å². The molecule has 0 aromatic heterocycles. The Balaban J connectivity index is 0.000000380. The average molecular weight is 446 g/mol. The van der Waals surface area contributed by atoms with Crippen molar-refractivity contribution in [2.24, 2.45) is 17.8 Å². The van der Waals surface area contributed by atoms with Crippen LogP contribution < -0.4 is 0 Å². The highest BCUT2D eigenvalue weighted by atomic mass is 16.4. The molecular weight excluding hydrogens is 420 g/mol. The van der Waals surface area contributed by atoms with Crippen molar-refractivity contribution in [1.82, 2.24) is 0 Å². The highest BCUT2D eigenvalue weighted by Crippen LogP contribution is 2.36. The molecule has 0 spiro atoms. The van der Waals surface area contributed by atoms with E-state index in [1.165, 1.54) is 0 Å². The maximum atomic E-state index is 9.76. The van der Waals surface area contributed by atoms with E-state index < -0.39 is 40.9 Å². The Morgan fingerprint density at radius 2 is 0.774 bits per heavy atom. The summed E-state index contributed by atoms with van der Waals surface area (Å²) >= 11 is 0. The first-order valence-corrected chi connectivity index (χ1v) is 9.14. The molecule has 0 saturated heterocycles. The molecule has 4 rings (SSSR count). The third kappa shape index (κ3) is 14.0. The predicted molar refractivity (Wildman–Crippen MR) is 103 cm³/mol. The van der Waals surface area contributed by atoms with E-state index in [1.807, 2.05) is 0 Å². The Labute approximate surface area is 176 Å². The number of benzene rings is 1. The first-order chi connectivity index (χ1) is 14.4. The van der Waals surface area contributed by atoms with Crippen molar-refractivity contribution >= 4 is 24.4 Å². The van der Waals surface area contributed by atoms with Gasteiger partial charge in [0.2, 0.25) is 0 Å². The molecule has 12 nitrogen and oxygen atoms in total. The van der Waals surface area contributed by atoms with Gasteiger partial charge >= 0.3 is 17.9 Å². The molecule has 0 amide bonds. The molecule has 3 saturated carbocycles. The fourth-order valence-corrected chi connectivity index (χ4v) is 1.55. The second kappa shape index (κ2) is 13.5. The van der Waals surface area contributed by atoms with E-state index in [0.717, 1.165) is 50.7 Å². The van der Waals surface area contributed by atoms with Crippen molar-refractivity contribution in [3.05, 3.63) is 12.1 Å². The van der Waals surface area contributed by atoms with Gasteiger partial charge in [-0.05, 0) is 38.5 Å². The van der Waals surface area contributed by atoms with Gasteiger partial charge in [0.25, 0.3) is 6.47 Å². The first-order valence-electron chi connectivity index (χ1n) is 9.14. The topological polar surface area (TPSA) is 230 Å². The van der Waals surface area contributed by atoms with E-state index in [0.29, 0.717) is 0 Å². The van der Waals surface area contributed by atoms with Crippen LogP contribution in [0.15, 0.2) is 12.1 Å². The monoisotopic (exact) mass is 446 g/mol. The summed E-state index contributed by atoms with van der Waals surface area (Å²) in [5.41, 5.74) is 0. The first kappa shape index (κ1) is 27.3. The maximum absolute atomic E-state index is 9.76. The number of carbonyl (C=O) groups is 4. The summed E-state index contributed by atoms with van der Waals surface area (Å²) in [6.07, 6.45) is 5.39. The molecule has 174 valence electrons. The maximum Gasteiger partial charge on any atom is 0.306 e. The van der Waals surface area contributed by atoms with Crippen molar-refractivity contribution in [3.63, 3.8) is 0 Å². The van der Waals surface area contributed by atoms with Gasteiger partial charge in [0, 0.05) is 12.1 Å². The molecule has 12 heteroatoms. The van der Waals surface area contributed by atoms with Crippen LogP contribution in [0, 0.1) is 17.8 Å². The average Bonchev–Trinajstić information content (AvgIpc) is 3.52. The van der Waals surface area contributed by atoms with Crippen LogP contribution in [0.4, 0.5) is 0 Å².